The van der Waals surface area contributed by atoms with Crippen molar-refractivity contribution in [2.45, 2.75) is 44.2 Å². The Bertz CT molecular complexity index is 586. The lowest BCUT2D eigenvalue weighted by Crippen LogP contribution is -2.46. The van der Waals surface area contributed by atoms with Crippen LogP contribution in [0, 0.1) is 5.92 Å². The Morgan fingerprint density at radius 2 is 1.95 bits per heavy atom. The van der Waals surface area contributed by atoms with E-state index in [9.17, 15) is 14.7 Å². The van der Waals surface area contributed by atoms with E-state index in [1.807, 2.05) is 0 Å². The molecule has 3 atom stereocenters. The first-order valence-corrected chi connectivity index (χ1v) is 7.82. The number of carbonyl (C=O) groups excluding carboxylic acids is 1. The van der Waals surface area contributed by atoms with Crippen LogP contribution in [0.15, 0.2) is 24.3 Å². The maximum absolute atomic E-state index is 13.0. The molecule has 5 nitrogen and oxygen atoms in total. The predicted molar refractivity (Wildman–Crippen MR) is 81.0 cm³/mol. The molecule has 1 N–H and O–H groups in total. The number of nitrogens with zero attached hydrogens (tertiary/aromatic N) is 1. The van der Waals surface area contributed by atoms with Gasteiger partial charge in [-0.3, -0.25) is 4.79 Å². The van der Waals surface area contributed by atoms with Crippen molar-refractivity contribution in [3.63, 3.8) is 0 Å². The third kappa shape index (κ3) is 2.45. The van der Waals surface area contributed by atoms with E-state index in [1.165, 1.54) is 7.11 Å². The maximum atomic E-state index is 13.0. The largest absolute Gasteiger partial charge is 0.496 e. The molecule has 1 amide bonds. The summed E-state index contributed by atoms with van der Waals surface area (Å²) in [5.74, 6) is -0.318. The highest BCUT2D eigenvalue weighted by atomic mass is 16.5. The quantitative estimate of drug-likeness (QED) is 0.932. The summed E-state index contributed by atoms with van der Waals surface area (Å²) in [5.41, 5.74) is 0.447. The van der Waals surface area contributed by atoms with Crippen molar-refractivity contribution in [3.05, 3.63) is 29.8 Å². The smallest absolute Gasteiger partial charge is 0.326 e. The second-order valence-corrected chi connectivity index (χ2v) is 6.11. The number of ether oxygens (including phenoxy) is 1. The highest BCUT2D eigenvalue weighted by Crippen LogP contribution is 2.41. The van der Waals surface area contributed by atoms with Crippen LogP contribution >= 0.6 is 0 Å². The van der Waals surface area contributed by atoms with Gasteiger partial charge in [-0.2, -0.15) is 0 Å². The van der Waals surface area contributed by atoms with Crippen LogP contribution in [0.5, 0.6) is 5.75 Å². The van der Waals surface area contributed by atoms with E-state index in [-0.39, 0.29) is 11.9 Å². The van der Waals surface area contributed by atoms with Gasteiger partial charge >= 0.3 is 5.97 Å². The Morgan fingerprint density at radius 3 is 2.68 bits per heavy atom. The average Bonchev–Trinajstić information content (AvgIpc) is 2.94. The molecule has 2 aliphatic rings. The molecule has 1 aliphatic carbocycles. The maximum Gasteiger partial charge on any atom is 0.326 e. The molecule has 0 aromatic heterocycles. The number of methoxy groups -OCH3 is 1. The van der Waals surface area contributed by atoms with Crippen molar-refractivity contribution >= 4 is 11.9 Å². The SMILES string of the molecule is COc1ccccc1C(=O)N1[C@@H](C(=O)O)C[C@H]2CCCC[C@H]21. The van der Waals surface area contributed by atoms with Gasteiger partial charge in [-0.1, -0.05) is 25.0 Å². The van der Waals surface area contributed by atoms with Gasteiger partial charge in [0.2, 0.25) is 0 Å². The number of carboxylic acid groups (broad SMARTS) is 1. The first-order valence-electron chi connectivity index (χ1n) is 7.82. The van der Waals surface area contributed by atoms with E-state index in [0.717, 1.165) is 25.7 Å². The fourth-order valence-corrected chi connectivity index (χ4v) is 3.93. The Morgan fingerprint density at radius 1 is 1.23 bits per heavy atom. The van der Waals surface area contributed by atoms with Gasteiger partial charge in [0.25, 0.3) is 5.91 Å². The second kappa shape index (κ2) is 5.99. The van der Waals surface area contributed by atoms with Crippen LogP contribution in [0.1, 0.15) is 42.5 Å². The van der Waals surface area contributed by atoms with Crippen molar-refractivity contribution in [1.29, 1.82) is 0 Å². The number of hydrogen-bond acceptors (Lipinski definition) is 3. The fraction of sp³-hybridized carbons (Fsp3) is 0.529. The third-order valence-electron chi connectivity index (χ3n) is 4.94. The average molecular weight is 303 g/mol. The molecular weight excluding hydrogens is 282 g/mol. The minimum absolute atomic E-state index is 0.0484. The molecular formula is C17H21NO4. The molecule has 22 heavy (non-hydrogen) atoms. The number of fused-ring (bicyclic) bond motifs is 1. The molecule has 0 radical (unpaired) electrons. The van der Waals surface area contributed by atoms with E-state index in [0.29, 0.717) is 23.7 Å². The van der Waals surface area contributed by atoms with Gasteiger partial charge in [0.1, 0.15) is 11.8 Å². The molecule has 0 unspecified atom stereocenters. The molecule has 1 saturated heterocycles. The molecule has 1 aromatic carbocycles. The number of amides is 1. The van der Waals surface area contributed by atoms with E-state index < -0.39 is 12.0 Å². The van der Waals surface area contributed by atoms with Crippen LogP contribution in [0.3, 0.4) is 0 Å². The Labute approximate surface area is 129 Å². The first kappa shape index (κ1) is 14.9. The zero-order valence-electron chi connectivity index (χ0n) is 12.7. The number of rotatable bonds is 3. The lowest BCUT2D eigenvalue weighted by atomic mass is 9.84. The third-order valence-corrected chi connectivity index (χ3v) is 4.94. The molecule has 1 aromatic rings. The van der Waals surface area contributed by atoms with Crippen molar-refractivity contribution < 1.29 is 19.4 Å². The minimum Gasteiger partial charge on any atom is -0.496 e. The summed E-state index contributed by atoms with van der Waals surface area (Å²) >= 11 is 0. The lowest BCUT2D eigenvalue weighted by molar-refractivity contribution is -0.141. The highest BCUT2D eigenvalue weighted by molar-refractivity contribution is 5.99. The van der Waals surface area contributed by atoms with Crippen molar-refractivity contribution in [2.24, 2.45) is 5.92 Å². The van der Waals surface area contributed by atoms with Gasteiger partial charge in [-0.15, -0.1) is 0 Å². The molecule has 1 saturated carbocycles. The normalized spacial score (nSPS) is 27.3. The highest BCUT2D eigenvalue weighted by Gasteiger charge is 2.48. The number of para-hydroxylation sites is 1. The molecule has 5 heteroatoms. The van der Waals surface area contributed by atoms with Crippen LogP contribution < -0.4 is 4.74 Å². The summed E-state index contributed by atoms with van der Waals surface area (Å²) in [6.07, 6.45) is 4.67. The lowest BCUT2D eigenvalue weighted by Gasteiger charge is -2.33. The van der Waals surface area contributed by atoms with E-state index in [2.05, 4.69) is 0 Å². The van der Waals surface area contributed by atoms with Crippen LogP contribution in [0.2, 0.25) is 0 Å². The molecule has 118 valence electrons. The van der Waals surface area contributed by atoms with Crippen LogP contribution in [0.4, 0.5) is 0 Å². The van der Waals surface area contributed by atoms with Crippen LogP contribution in [0.25, 0.3) is 0 Å². The summed E-state index contributed by atoms with van der Waals surface area (Å²) in [5, 5.41) is 9.53. The number of carbonyl (C=O) groups is 2. The molecule has 2 fully saturated rings. The molecule has 0 bridgehead atoms. The minimum atomic E-state index is -0.905. The Hall–Kier alpha value is -2.04. The summed E-state index contributed by atoms with van der Waals surface area (Å²) < 4.78 is 5.26. The zero-order chi connectivity index (χ0) is 15.7. The Balaban J connectivity index is 1.95. The number of carboxylic acids is 1. The van der Waals surface area contributed by atoms with Crippen LogP contribution in [-0.4, -0.2) is 41.1 Å². The van der Waals surface area contributed by atoms with Crippen molar-refractivity contribution in [2.75, 3.05) is 7.11 Å². The number of likely N-dealkylation sites (tertiary alicyclic amines) is 1. The molecule has 1 heterocycles. The monoisotopic (exact) mass is 303 g/mol. The van der Waals surface area contributed by atoms with E-state index in [4.69, 9.17) is 4.74 Å². The first-order chi connectivity index (χ1) is 10.6. The number of aliphatic carboxylic acids is 1. The summed E-state index contributed by atoms with van der Waals surface area (Å²) in [7, 11) is 1.52. The van der Waals surface area contributed by atoms with Gasteiger partial charge in [0.05, 0.1) is 12.7 Å². The predicted octanol–water partition coefficient (Wildman–Crippen LogP) is 2.55. The van der Waals surface area contributed by atoms with E-state index in [1.54, 1.807) is 29.2 Å². The van der Waals surface area contributed by atoms with Gasteiger partial charge in [-0.05, 0) is 37.3 Å². The second-order valence-electron chi connectivity index (χ2n) is 6.11. The van der Waals surface area contributed by atoms with Crippen molar-refractivity contribution in [3.8, 4) is 5.75 Å². The molecule has 0 spiro atoms. The Kier molecular flexibility index (Phi) is 4.05. The number of hydrogen-bond donors (Lipinski definition) is 1. The summed E-state index contributed by atoms with van der Waals surface area (Å²) in [6.45, 7) is 0. The van der Waals surface area contributed by atoms with E-state index >= 15 is 0 Å². The number of benzene rings is 1. The standard InChI is InChI=1S/C17H21NO4/c1-22-15-9-5-3-7-12(15)16(19)18-13-8-4-2-6-11(13)10-14(18)17(20)21/h3,5,7,9,11,13-14H,2,4,6,8,10H2,1H3,(H,20,21)/t11-,13-,14-/m1/s1. The molecule has 1 aliphatic heterocycles. The molecule has 3 rings (SSSR count). The van der Waals surface area contributed by atoms with Crippen LogP contribution in [-0.2, 0) is 4.79 Å². The van der Waals surface area contributed by atoms with Gasteiger partial charge in [0.15, 0.2) is 0 Å². The summed E-state index contributed by atoms with van der Waals surface area (Å²) in [6, 6.07) is 6.35. The summed E-state index contributed by atoms with van der Waals surface area (Å²) in [4.78, 5) is 26.2. The van der Waals surface area contributed by atoms with Gasteiger partial charge in [0, 0.05) is 6.04 Å². The van der Waals surface area contributed by atoms with Crippen molar-refractivity contribution in [1.82, 2.24) is 4.90 Å². The fourth-order valence-electron chi connectivity index (χ4n) is 3.93. The van der Waals surface area contributed by atoms with Gasteiger partial charge in [-0.25, -0.2) is 4.79 Å². The van der Waals surface area contributed by atoms with Gasteiger partial charge < -0.3 is 14.7 Å². The zero-order valence-corrected chi connectivity index (χ0v) is 12.7. The topological polar surface area (TPSA) is 66.8 Å².